The smallest absolute Gasteiger partial charge is 0.285 e. The highest BCUT2D eigenvalue weighted by atomic mass is 32.2. The zero-order valence-electron chi connectivity index (χ0n) is 25.4. The van der Waals surface area contributed by atoms with Crippen LogP contribution in [0.3, 0.4) is 0 Å². The van der Waals surface area contributed by atoms with Crippen molar-refractivity contribution in [3.8, 4) is 22.6 Å². The minimum atomic E-state index is -4.06. The molecule has 0 radical (unpaired) electrons. The Bertz CT molecular complexity index is 2380. The van der Waals surface area contributed by atoms with Crippen LogP contribution in [0.5, 0.6) is 0 Å². The zero-order chi connectivity index (χ0) is 32.5. The van der Waals surface area contributed by atoms with E-state index in [9.17, 15) is 8.42 Å². The number of benzene rings is 4. The number of thiazole rings is 1. The van der Waals surface area contributed by atoms with Gasteiger partial charge in [-0.25, -0.2) is 4.68 Å². The minimum absolute atomic E-state index is 0.0865. The molecule has 8 rings (SSSR count). The molecule has 0 spiro atoms. The Morgan fingerprint density at radius 3 is 2.15 bits per heavy atom. The van der Waals surface area contributed by atoms with Crippen LogP contribution in [0.25, 0.3) is 22.6 Å². The average molecular weight is 669 g/mol. The van der Waals surface area contributed by atoms with Crippen molar-refractivity contribution in [3.05, 3.63) is 168 Å². The Labute approximate surface area is 281 Å². The van der Waals surface area contributed by atoms with Crippen molar-refractivity contribution in [1.29, 1.82) is 0 Å². The molecular weight excluding hydrogens is 641 g/mol. The minimum Gasteiger partial charge on any atom is -0.463 e. The highest BCUT2D eigenvalue weighted by Crippen LogP contribution is 2.37. The van der Waals surface area contributed by atoms with E-state index in [0.29, 0.717) is 17.0 Å². The van der Waals surface area contributed by atoms with Crippen LogP contribution >= 0.6 is 11.3 Å². The molecule has 1 aliphatic heterocycles. The monoisotopic (exact) mass is 668 g/mol. The number of nitrogens with zero attached hydrogens (tertiary/aromatic N) is 6. The summed E-state index contributed by atoms with van der Waals surface area (Å²) in [6, 6.07) is 39.7. The lowest BCUT2D eigenvalue weighted by molar-refractivity contribution is 0.556. The second-order valence-corrected chi connectivity index (χ2v) is 13.6. The Morgan fingerprint density at radius 1 is 0.771 bits per heavy atom. The van der Waals surface area contributed by atoms with Crippen LogP contribution in [0.1, 0.15) is 23.8 Å². The lowest BCUT2D eigenvalue weighted by Gasteiger charge is -2.22. The first-order valence-electron chi connectivity index (χ1n) is 15.3. The predicted octanol–water partition coefficient (Wildman–Crippen LogP) is 7.63. The number of hydrazone groups is 1. The molecule has 9 nitrogen and oxygen atoms in total. The van der Waals surface area contributed by atoms with Crippen LogP contribution in [-0.2, 0) is 10.0 Å². The molecule has 1 unspecified atom stereocenters. The van der Waals surface area contributed by atoms with Gasteiger partial charge in [0.2, 0.25) is 4.80 Å². The van der Waals surface area contributed by atoms with E-state index < -0.39 is 10.0 Å². The fourth-order valence-electron chi connectivity index (χ4n) is 5.77. The van der Waals surface area contributed by atoms with Gasteiger partial charge in [-0.05, 0) is 66.2 Å². The lowest BCUT2D eigenvalue weighted by atomic mass is 10.0. The molecule has 4 heterocycles. The second-order valence-electron chi connectivity index (χ2n) is 11.1. The van der Waals surface area contributed by atoms with Gasteiger partial charge in [0.05, 0.1) is 40.5 Å². The van der Waals surface area contributed by atoms with E-state index in [-0.39, 0.29) is 10.9 Å². The van der Waals surface area contributed by atoms with Crippen LogP contribution < -0.4 is 9.81 Å². The standard InChI is InChI=1S/C37H28N6O3S2/c44-48(45,40-37-42(30-15-8-3-9-16-30)35(26-47-37)27-11-4-1-5-12-27)32-20-18-31(19-21-32)43-34(23-33(39-43)36-17-10-22-46-36)28-24-38-41(25-28)29-13-6-2-7-14-29/h1-22,24-26,34H,23H2/b40-37+. The summed E-state index contributed by atoms with van der Waals surface area (Å²) >= 11 is 1.28. The topological polar surface area (TPSA) is 98.0 Å². The molecule has 0 saturated heterocycles. The summed E-state index contributed by atoms with van der Waals surface area (Å²) < 4.78 is 41.2. The van der Waals surface area contributed by atoms with Gasteiger partial charge in [0.15, 0.2) is 0 Å². The highest BCUT2D eigenvalue weighted by molar-refractivity contribution is 7.90. The number of rotatable bonds is 8. The highest BCUT2D eigenvalue weighted by Gasteiger charge is 2.32. The van der Waals surface area contributed by atoms with Crippen LogP contribution in [0, 0.1) is 0 Å². The van der Waals surface area contributed by atoms with Gasteiger partial charge in [0.1, 0.15) is 11.5 Å². The van der Waals surface area contributed by atoms with Crippen molar-refractivity contribution in [2.75, 3.05) is 5.01 Å². The van der Waals surface area contributed by atoms with Crippen LogP contribution in [-0.4, -0.2) is 28.5 Å². The third kappa shape index (κ3) is 5.70. The molecule has 0 aliphatic carbocycles. The maximum atomic E-state index is 13.8. The Balaban J connectivity index is 1.14. The maximum Gasteiger partial charge on any atom is 0.285 e. The molecule has 0 saturated carbocycles. The molecule has 0 bridgehead atoms. The Morgan fingerprint density at radius 2 is 1.46 bits per heavy atom. The van der Waals surface area contributed by atoms with Crippen molar-refractivity contribution in [1.82, 2.24) is 14.3 Å². The van der Waals surface area contributed by atoms with E-state index >= 15 is 0 Å². The van der Waals surface area contributed by atoms with E-state index in [1.807, 2.05) is 135 Å². The maximum absolute atomic E-state index is 13.8. The molecule has 11 heteroatoms. The lowest BCUT2D eigenvalue weighted by Crippen LogP contribution is -2.18. The fourth-order valence-corrected chi connectivity index (χ4v) is 7.88. The Hall–Kier alpha value is -5.78. The van der Waals surface area contributed by atoms with E-state index in [2.05, 4.69) is 9.50 Å². The number of aromatic nitrogens is 3. The van der Waals surface area contributed by atoms with E-state index in [1.54, 1.807) is 30.5 Å². The normalized spacial score (nSPS) is 15.2. The van der Waals surface area contributed by atoms with E-state index in [0.717, 1.165) is 39.6 Å². The van der Waals surface area contributed by atoms with Gasteiger partial charge in [-0.15, -0.1) is 15.7 Å². The van der Waals surface area contributed by atoms with Crippen molar-refractivity contribution in [2.45, 2.75) is 17.4 Å². The molecule has 236 valence electrons. The van der Waals surface area contributed by atoms with Crippen molar-refractivity contribution < 1.29 is 12.8 Å². The molecule has 0 fully saturated rings. The van der Waals surface area contributed by atoms with Crippen molar-refractivity contribution >= 4 is 32.8 Å². The van der Waals surface area contributed by atoms with Crippen molar-refractivity contribution in [2.24, 2.45) is 9.50 Å². The summed E-state index contributed by atoms with van der Waals surface area (Å²) in [5.74, 6) is 0.688. The summed E-state index contributed by atoms with van der Waals surface area (Å²) in [6.45, 7) is 0. The number of anilines is 1. The molecule has 1 atom stereocenters. The van der Waals surface area contributed by atoms with Crippen LogP contribution in [0.4, 0.5) is 5.69 Å². The largest absolute Gasteiger partial charge is 0.463 e. The average Bonchev–Trinajstić information content (AvgIpc) is 3.96. The van der Waals surface area contributed by atoms with Gasteiger partial charge >= 0.3 is 0 Å². The quantitative estimate of drug-likeness (QED) is 0.166. The second kappa shape index (κ2) is 12.4. The number of sulfonamides is 1. The first kappa shape index (κ1) is 29.6. The summed E-state index contributed by atoms with van der Waals surface area (Å²) in [5, 5.41) is 13.4. The van der Waals surface area contributed by atoms with Crippen molar-refractivity contribution in [3.63, 3.8) is 0 Å². The van der Waals surface area contributed by atoms with Crippen LogP contribution in [0.2, 0.25) is 0 Å². The third-order valence-corrected chi connectivity index (χ3v) is 10.3. The molecule has 7 aromatic rings. The van der Waals surface area contributed by atoms with E-state index in [1.165, 1.54) is 11.3 Å². The SMILES string of the molecule is O=S(=O)(/N=c1/scc(-c2ccccc2)n1-c1ccccc1)c1ccc(N2N=C(c3ccco3)CC2c2cnn(-c3ccccc3)c2)cc1. The third-order valence-electron chi connectivity index (χ3n) is 8.11. The molecular formula is C37H28N6O3S2. The van der Waals surface area contributed by atoms with Gasteiger partial charge in [-0.1, -0.05) is 66.7 Å². The first-order valence-corrected chi connectivity index (χ1v) is 17.6. The molecule has 4 aromatic carbocycles. The summed E-state index contributed by atoms with van der Waals surface area (Å²) in [7, 11) is -4.06. The fraction of sp³-hybridized carbons (Fsp3) is 0.0541. The molecule has 1 aliphatic rings. The molecule has 48 heavy (non-hydrogen) atoms. The Kier molecular flexibility index (Phi) is 7.67. The number of furan rings is 1. The predicted molar refractivity (Wildman–Crippen MR) is 187 cm³/mol. The zero-order valence-corrected chi connectivity index (χ0v) is 27.1. The van der Waals surface area contributed by atoms with Gasteiger partial charge in [0.25, 0.3) is 10.0 Å². The van der Waals surface area contributed by atoms with Gasteiger partial charge in [-0.3, -0.25) is 9.58 Å². The summed E-state index contributed by atoms with van der Waals surface area (Å²) in [5.41, 5.74) is 6.09. The molecule has 3 aromatic heterocycles. The van der Waals surface area contributed by atoms with Gasteiger partial charge in [-0.2, -0.15) is 18.6 Å². The van der Waals surface area contributed by atoms with E-state index in [4.69, 9.17) is 9.52 Å². The number of hydrogen-bond donors (Lipinski definition) is 0. The van der Waals surface area contributed by atoms with Gasteiger partial charge < -0.3 is 4.42 Å². The first-order chi connectivity index (χ1) is 23.5. The van der Waals surface area contributed by atoms with Crippen LogP contribution in [0.15, 0.2) is 170 Å². The number of para-hydroxylation sites is 2. The summed E-state index contributed by atoms with van der Waals surface area (Å²) in [6.07, 6.45) is 6.06. The molecule has 0 N–H and O–H groups in total. The molecule has 0 amide bonds. The number of hydrogen-bond acceptors (Lipinski definition) is 7. The summed E-state index contributed by atoms with van der Waals surface area (Å²) in [4.78, 5) is 0.440. The van der Waals surface area contributed by atoms with Gasteiger partial charge in [0, 0.05) is 29.2 Å².